The molecule has 5 rings (SSSR count). The van der Waals surface area contributed by atoms with Crippen LogP contribution in [0.1, 0.15) is 119 Å². The number of carbonyl (C=O) groups excluding carboxylic acids is 4. The molecule has 2 aliphatic carbocycles. The number of benzene rings is 1. The molecule has 0 unspecified atom stereocenters. The van der Waals surface area contributed by atoms with Gasteiger partial charge in [-0.1, -0.05) is 52.5 Å². The number of hydrogen-bond donors (Lipinski definition) is 4. The van der Waals surface area contributed by atoms with Crippen LogP contribution in [0.5, 0.6) is 0 Å². The summed E-state index contributed by atoms with van der Waals surface area (Å²) in [6.07, 6.45) is 11.7. The van der Waals surface area contributed by atoms with Crippen molar-refractivity contribution in [2.75, 3.05) is 18.4 Å². The van der Waals surface area contributed by atoms with Crippen molar-refractivity contribution in [3.63, 3.8) is 0 Å². The Labute approximate surface area is 282 Å². The molecule has 11 nitrogen and oxygen atoms in total. The van der Waals surface area contributed by atoms with Crippen molar-refractivity contribution in [3.05, 3.63) is 47.5 Å². The topological polar surface area (TPSA) is 146 Å². The Morgan fingerprint density at radius 2 is 1.69 bits per heavy atom. The molecule has 4 amide bonds. The fraction of sp³-hybridized carbons (Fsp3) is 0.639. The van der Waals surface area contributed by atoms with E-state index in [1.165, 1.54) is 12.1 Å². The highest BCUT2D eigenvalue weighted by atomic mass is 19.1. The Morgan fingerprint density at radius 3 is 2.33 bits per heavy atom. The molecule has 4 N–H and O–H groups in total. The van der Waals surface area contributed by atoms with Crippen LogP contribution in [0.25, 0.3) is 0 Å². The van der Waals surface area contributed by atoms with Crippen LogP contribution in [0.3, 0.4) is 0 Å². The van der Waals surface area contributed by atoms with Crippen LogP contribution in [0.2, 0.25) is 0 Å². The molecule has 1 saturated heterocycles. The summed E-state index contributed by atoms with van der Waals surface area (Å²) in [6, 6.07) is 2.91. The molecule has 0 bridgehead atoms. The number of piperidine rings is 1. The first-order valence-corrected chi connectivity index (χ1v) is 17.8. The third-order valence-electron chi connectivity index (χ3n) is 10.6. The Kier molecular flexibility index (Phi) is 11.9. The molecule has 12 heteroatoms. The molecule has 1 aromatic heterocycles. The summed E-state index contributed by atoms with van der Waals surface area (Å²) >= 11 is 0. The van der Waals surface area contributed by atoms with Crippen LogP contribution in [0.4, 0.5) is 10.1 Å². The van der Waals surface area contributed by atoms with Crippen molar-refractivity contribution in [1.29, 1.82) is 0 Å². The predicted octanol–water partition coefficient (Wildman–Crippen LogP) is 4.68. The number of carbonyl (C=O) groups is 4. The Bertz CT molecular complexity index is 1440. The van der Waals surface area contributed by atoms with Crippen LogP contribution in [0, 0.1) is 17.7 Å². The highest BCUT2D eigenvalue weighted by Crippen LogP contribution is 2.33. The van der Waals surface area contributed by atoms with Gasteiger partial charge in [0, 0.05) is 31.6 Å². The van der Waals surface area contributed by atoms with Crippen molar-refractivity contribution in [1.82, 2.24) is 25.3 Å². The van der Waals surface area contributed by atoms with Gasteiger partial charge in [0.1, 0.15) is 17.9 Å². The monoisotopic (exact) mass is 666 g/mol. The fourth-order valence-electron chi connectivity index (χ4n) is 7.34. The van der Waals surface area contributed by atoms with Crippen LogP contribution in [-0.4, -0.2) is 74.7 Å². The number of amides is 4. The van der Waals surface area contributed by atoms with Crippen LogP contribution < -0.4 is 16.0 Å². The van der Waals surface area contributed by atoms with Gasteiger partial charge in [0.15, 0.2) is 0 Å². The van der Waals surface area contributed by atoms with Gasteiger partial charge in [-0.25, -0.2) is 4.39 Å². The second-order valence-electron chi connectivity index (χ2n) is 14.1. The first-order chi connectivity index (χ1) is 23.0. The maximum Gasteiger partial charge on any atom is 0.255 e. The molecule has 0 spiro atoms. The molecule has 1 aromatic carbocycles. The zero-order valence-electron chi connectivity index (χ0n) is 28.4. The fourth-order valence-corrected chi connectivity index (χ4v) is 7.34. The highest BCUT2D eigenvalue weighted by Gasteiger charge is 2.35. The number of hydrogen-bond acceptors (Lipinski definition) is 6. The van der Waals surface area contributed by atoms with E-state index in [4.69, 9.17) is 0 Å². The minimum Gasteiger partial charge on any atom is -0.393 e. The van der Waals surface area contributed by atoms with Gasteiger partial charge in [0.25, 0.3) is 5.91 Å². The van der Waals surface area contributed by atoms with Gasteiger partial charge in [-0.05, 0) is 68.1 Å². The number of likely N-dealkylation sites (tertiary alicyclic amines) is 1. The Hall–Kier alpha value is -3.80. The third kappa shape index (κ3) is 8.61. The lowest BCUT2D eigenvalue weighted by atomic mass is 9.79. The van der Waals surface area contributed by atoms with E-state index in [1.54, 1.807) is 37.2 Å². The van der Waals surface area contributed by atoms with Crippen molar-refractivity contribution in [2.24, 2.45) is 11.8 Å². The van der Waals surface area contributed by atoms with Crippen LogP contribution in [-0.2, 0) is 14.4 Å². The Balaban J connectivity index is 1.30. The number of anilines is 1. The summed E-state index contributed by atoms with van der Waals surface area (Å²) in [7, 11) is 0. The largest absolute Gasteiger partial charge is 0.393 e. The van der Waals surface area contributed by atoms with Crippen molar-refractivity contribution in [2.45, 2.75) is 122 Å². The summed E-state index contributed by atoms with van der Waals surface area (Å²) in [6.45, 7) is 6.40. The number of aromatic nitrogens is 2. The summed E-state index contributed by atoms with van der Waals surface area (Å²) in [5.74, 6) is -2.24. The first kappa shape index (κ1) is 35.5. The SMILES string of the molecule is CCC(=O)N[C@@H](C(=O)N1CCC(O)CC1)[C@@H](C)c1ccc(NC(=O)[C@@H](NC(=O)c2cnn(C3CCCC3)c2)C2CCC(C)CC2)c(F)c1. The van der Waals surface area contributed by atoms with E-state index in [9.17, 15) is 24.3 Å². The number of nitrogens with zero attached hydrogens (tertiary/aromatic N) is 3. The van der Waals surface area contributed by atoms with E-state index in [0.29, 0.717) is 43.0 Å². The second-order valence-corrected chi connectivity index (χ2v) is 14.1. The number of halogens is 1. The lowest BCUT2D eigenvalue weighted by Gasteiger charge is -2.35. The van der Waals surface area contributed by atoms with E-state index < -0.39 is 35.8 Å². The molecule has 2 aromatic rings. The molecular weight excluding hydrogens is 615 g/mol. The predicted molar refractivity (Wildman–Crippen MR) is 180 cm³/mol. The van der Waals surface area contributed by atoms with E-state index in [1.807, 2.05) is 4.68 Å². The van der Waals surface area contributed by atoms with Crippen LogP contribution >= 0.6 is 0 Å². The summed E-state index contributed by atoms with van der Waals surface area (Å²) in [5, 5.41) is 22.8. The molecule has 0 radical (unpaired) electrons. The Morgan fingerprint density at radius 1 is 1.00 bits per heavy atom. The van der Waals surface area contributed by atoms with E-state index in [0.717, 1.165) is 51.4 Å². The summed E-state index contributed by atoms with van der Waals surface area (Å²) in [5.41, 5.74) is 0.856. The smallest absolute Gasteiger partial charge is 0.255 e. The molecule has 2 heterocycles. The van der Waals surface area contributed by atoms with Crippen molar-refractivity contribution in [3.8, 4) is 0 Å². The number of aliphatic hydroxyl groups excluding tert-OH is 1. The van der Waals surface area contributed by atoms with Gasteiger partial charge in [-0.2, -0.15) is 5.10 Å². The molecule has 48 heavy (non-hydrogen) atoms. The zero-order chi connectivity index (χ0) is 34.4. The average Bonchev–Trinajstić information content (AvgIpc) is 3.80. The van der Waals surface area contributed by atoms with Crippen molar-refractivity contribution < 1.29 is 28.7 Å². The normalized spacial score (nSPS) is 22.5. The van der Waals surface area contributed by atoms with Gasteiger partial charge in [0.05, 0.1) is 29.6 Å². The minimum atomic E-state index is -0.918. The van der Waals surface area contributed by atoms with E-state index in [2.05, 4.69) is 28.0 Å². The standard InChI is InChI=1S/C36H51FN6O5/c1-4-31(45)40-32(36(48)42-17-15-28(44)16-18-42)23(3)25-13-14-30(29(37)19-25)39-35(47)33(24-11-9-22(2)10-12-24)41-34(46)26-20-38-43(21-26)27-7-5-6-8-27/h13-14,19-24,27-28,32-33,44H,4-12,15-18H2,1-3H3,(H,39,47)(H,40,45)(H,41,46)/t22?,23-,24?,32+,33-/m0/s1. The summed E-state index contributed by atoms with van der Waals surface area (Å²) < 4.78 is 17.5. The molecule has 3 aliphatic rings. The number of nitrogens with one attached hydrogen (secondary N) is 3. The number of rotatable bonds is 11. The summed E-state index contributed by atoms with van der Waals surface area (Å²) in [4.78, 5) is 54.7. The highest BCUT2D eigenvalue weighted by molar-refractivity contribution is 6.01. The van der Waals surface area contributed by atoms with Crippen molar-refractivity contribution >= 4 is 29.3 Å². The van der Waals surface area contributed by atoms with E-state index in [-0.39, 0.29) is 41.8 Å². The van der Waals surface area contributed by atoms with Gasteiger partial charge >= 0.3 is 0 Å². The third-order valence-corrected chi connectivity index (χ3v) is 10.6. The number of aliphatic hydroxyl groups is 1. The maximum atomic E-state index is 15.7. The minimum absolute atomic E-state index is 0.0288. The first-order valence-electron chi connectivity index (χ1n) is 17.8. The molecule has 3 atom stereocenters. The molecular formula is C36H51FN6O5. The van der Waals surface area contributed by atoms with E-state index >= 15 is 4.39 Å². The maximum absolute atomic E-state index is 15.7. The average molecular weight is 667 g/mol. The van der Waals surface area contributed by atoms with Crippen LogP contribution in [0.15, 0.2) is 30.6 Å². The molecule has 262 valence electrons. The molecule has 1 aliphatic heterocycles. The molecule has 2 saturated carbocycles. The zero-order valence-corrected chi connectivity index (χ0v) is 28.4. The van der Waals surface area contributed by atoms with Gasteiger partial charge in [0.2, 0.25) is 17.7 Å². The molecule has 3 fully saturated rings. The lowest BCUT2D eigenvalue weighted by Crippen LogP contribution is -2.53. The van der Waals surface area contributed by atoms with Gasteiger partial charge in [-0.3, -0.25) is 23.9 Å². The van der Waals surface area contributed by atoms with Gasteiger partial charge < -0.3 is 26.0 Å². The quantitative estimate of drug-likeness (QED) is 0.274. The second kappa shape index (κ2) is 16.1. The van der Waals surface area contributed by atoms with Gasteiger partial charge in [-0.15, -0.1) is 0 Å². The lowest BCUT2D eigenvalue weighted by molar-refractivity contribution is -0.138.